The maximum atomic E-state index is 13.5. The van der Waals surface area contributed by atoms with Crippen LogP contribution >= 0.6 is 7.75 Å². The number of aromatic amines is 1. The number of aliphatic hydroxyl groups is 2. The third-order valence-corrected chi connectivity index (χ3v) is 7.57. The number of benzene rings is 1. The Morgan fingerprint density at radius 3 is 2.63 bits per heavy atom. The van der Waals surface area contributed by atoms with Gasteiger partial charge in [0.15, 0.2) is 6.79 Å². The van der Waals surface area contributed by atoms with E-state index in [2.05, 4.69) is 15.1 Å². The second-order valence-electron chi connectivity index (χ2n) is 9.42. The summed E-state index contributed by atoms with van der Waals surface area (Å²) in [5.41, 5.74) is -0.819. The van der Waals surface area contributed by atoms with Crippen molar-refractivity contribution in [1.82, 2.24) is 10.1 Å². The predicted octanol–water partition coefficient (Wildman–Crippen LogP) is 2.38. The Balaban J connectivity index is 1.67. The van der Waals surface area contributed by atoms with Crippen LogP contribution in [0.15, 0.2) is 47.5 Å². The van der Waals surface area contributed by atoms with Crippen molar-refractivity contribution >= 4 is 25.8 Å². The van der Waals surface area contributed by atoms with Crippen LogP contribution in [0.2, 0.25) is 0 Å². The van der Waals surface area contributed by atoms with E-state index in [4.69, 9.17) is 28.7 Å². The first-order chi connectivity index (χ1) is 19.4. The van der Waals surface area contributed by atoms with Crippen LogP contribution in [0, 0.1) is 16.7 Å². The number of nitrogens with one attached hydrogen (secondary N) is 3. The molecule has 0 saturated carbocycles. The first-order valence-electron chi connectivity index (χ1n) is 12.7. The molecule has 2 aromatic rings. The third kappa shape index (κ3) is 7.87. The molecule has 1 saturated heterocycles. The highest BCUT2D eigenvalue weighted by Gasteiger charge is 2.56. The fourth-order valence-corrected chi connectivity index (χ4v) is 5.30. The fraction of sp³-hybridized carbons (Fsp3) is 0.462. The lowest BCUT2D eigenvalue weighted by Crippen LogP contribution is -2.40. The van der Waals surface area contributed by atoms with Crippen molar-refractivity contribution in [2.24, 2.45) is 4.99 Å². The number of aliphatic imine (C=N–C) groups is 1. The van der Waals surface area contributed by atoms with Gasteiger partial charge < -0.3 is 33.9 Å². The van der Waals surface area contributed by atoms with Gasteiger partial charge in [-0.15, -0.1) is 0 Å². The Labute approximate surface area is 237 Å². The predicted molar refractivity (Wildman–Crippen MR) is 146 cm³/mol. The zero-order valence-electron chi connectivity index (χ0n) is 23.0. The molecule has 0 bridgehead atoms. The van der Waals surface area contributed by atoms with Crippen LogP contribution in [-0.2, 0) is 33.7 Å². The molecular formula is C26H34N5O9P. The Morgan fingerprint density at radius 2 is 2.00 bits per heavy atom. The molecule has 0 radical (unpaired) electrons. The highest BCUT2D eigenvalue weighted by molar-refractivity contribution is 7.52. The average Bonchev–Trinajstić information content (AvgIpc) is 3.52. The van der Waals surface area contributed by atoms with E-state index in [1.54, 1.807) is 57.2 Å². The molecule has 41 heavy (non-hydrogen) atoms. The number of ether oxygens (including phenoxy) is 3. The van der Waals surface area contributed by atoms with Gasteiger partial charge in [-0.1, -0.05) is 18.2 Å². The van der Waals surface area contributed by atoms with E-state index in [0.29, 0.717) is 11.4 Å². The van der Waals surface area contributed by atoms with Crippen molar-refractivity contribution in [3.63, 3.8) is 0 Å². The quantitative estimate of drug-likeness (QED) is 0.0538. The largest absolute Gasteiger partial charge is 0.462 e. The van der Waals surface area contributed by atoms with E-state index in [-0.39, 0.29) is 18.1 Å². The molecule has 3 rings (SSSR count). The van der Waals surface area contributed by atoms with Crippen LogP contribution < -0.4 is 9.61 Å². The van der Waals surface area contributed by atoms with E-state index >= 15 is 0 Å². The molecule has 14 nitrogen and oxygen atoms in total. The summed E-state index contributed by atoms with van der Waals surface area (Å²) in [6, 6.07) is 12.1. The van der Waals surface area contributed by atoms with Crippen molar-refractivity contribution < 1.29 is 42.8 Å². The van der Waals surface area contributed by atoms with Crippen molar-refractivity contribution in [3.8, 4) is 11.8 Å². The molecule has 15 heteroatoms. The number of aromatic nitrogens is 1. The molecule has 1 aliphatic rings. The smallest absolute Gasteiger partial charge is 0.461 e. The van der Waals surface area contributed by atoms with Crippen LogP contribution in [0.5, 0.6) is 5.75 Å². The second-order valence-corrected chi connectivity index (χ2v) is 11.1. The van der Waals surface area contributed by atoms with Gasteiger partial charge >= 0.3 is 13.7 Å². The maximum Gasteiger partial charge on any atom is 0.461 e. The van der Waals surface area contributed by atoms with E-state index < -0.39 is 56.6 Å². The van der Waals surface area contributed by atoms with E-state index in [1.807, 2.05) is 6.07 Å². The molecule has 2 heterocycles. The van der Waals surface area contributed by atoms with Gasteiger partial charge in [0.05, 0.1) is 29.8 Å². The topological polar surface area (TPSA) is 209 Å². The number of hydrogen-bond acceptors (Lipinski definition) is 11. The number of nitrogens with zero attached hydrogens (tertiary/aromatic N) is 2. The number of rotatable bonds is 14. The van der Waals surface area contributed by atoms with E-state index in [1.165, 1.54) is 13.0 Å². The van der Waals surface area contributed by atoms with Crippen LogP contribution in [0.4, 0.5) is 0 Å². The fourth-order valence-electron chi connectivity index (χ4n) is 3.92. The number of carbonyl (C=O) groups is 1. The molecule has 1 aromatic heterocycles. The summed E-state index contributed by atoms with van der Waals surface area (Å²) in [4.78, 5) is 19.1. The van der Waals surface area contributed by atoms with Crippen molar-refractivity contribution in [2.75, 3.05) is 13.4 Å². The molecule has 222 valence electrons. The van der Waals surface area contributed by atoms with Gasteiger partial charge in [-0.05, 0) is 52.0 Å². The van der Waals surface area contributed by atoms with Crippen molar-refractivity contribution in [2.45, 2.75) is 63.8 Å². The normalized spacial score (nSPS) is 24.8. The Kier molecular flexibility index (Phi) is 10.9. The first kappa shape index (κ1) is 32.1. The van der Waals surface area contributed by atoms with E-state index in [0.717, 1.165) is 6.34 Å². The van der Waals surface area contributed by atoms with Gasteiger partial charge in [0.1, 0.15) is 42.5 Å². The summed E-state index contributed by atoms with van der Waals surface area (Å²) in [5.74, 6) is -0.465. The van der Waals surface area contributed by atoms with Crippen LogP contribution in [0.3, 0.4) is 0 Å². The average molecular weight is 592 g/mol. The lowest BCUT2D eigenvalue weighted by Gasteiger charge is -2.24. The van der Waals surface area contributed by atoms with Gasteiger partial charge in [-0.25, -0.2) is 9.56 Å². The molecule has 1 aromatic carbocycles. The van der Waals surface area contributed by atoms with Gasteiger partial charge in [-0.3, -0.25) is 14.7 Å². The molecule has 6 atom stereocenters. The maximum absolute atomic E-state index is 13.5. The number of nitriles is 1. The molecule has 0 amide bonds. The zero-order chi connectivity index (χ0) is 30.2. The van der Waals surface area contributed by atoms with Crippen LogP contribution in [-0.4, -0.2) is 77.1 Å². The molecule has 0 aliphatic carbocycles. The third-order valence-electron chi connectivity index (χ3n) is 5.97. The Morgan fingerprint density at radius 1 is 1.29 bits per heavy atom. The minimum Gasteiger partial charge on any atom is -0.462 e. The molecule has 1 aliphatic heterocycles. The van der Waals surface area contributed by atoms with Gasteiger partial charge in [-0.2, -0.15) is 10.3 Å². The summed E-state index contributed by atoms with van der Waals surface area (Å²) in [7, 11) is -4.19. The SMILES string of the molecule is CC(=NC=N)c1ccc([C@]2(C#N)O[C@H](COCOP(=O)(NC(C)C(=O)OC(C)C)Oc3ccccc3)[C@@H](O)[C@H]2O)[nH]1. The summed E-state index contributed by atoms with van der Waals surface area (Å²) >= 11 is 0. The Bertz CT molecular complexity index is 1310. The van der Waals surface area contributed by atoms with Crippen LogP contribution in [0.25, 0.3) is 0 Å². The van der Waals surface area contributed by atoms with Gasteiger partial charge in [0.2, 0.25) is 5.60 Å². The summed E-state index contributed by atoms with van der Waals surface area (Å²) in [5, 5.41) is 41.0. The first-order valence-corrected chi connectivity index (χ1v) is 14.2. The number of aliphatic hydroxyl groups excluding tert-OH is 2. The lowest BCUT2D eigenvalue weighted by atomic mass is 9.93. The Hall–Kier alpha value is -3.41. The van der Waals surface area contributed by atoms with Gasteiger partial charge in [0, 0.05) is 0 Å². The standard InChI is InChI=1S/C26H34N5O9P/c1-16(2)38-25(34)18(4)31-41(35,40-19-8-6-5-7-9-19)37-15-36-12-21-23(32)24(33)26(13-27,39-21)22-11-10-20(30-22)17(3)29-14-28/h5-11,14,16,18,21,23-24,28,30,32-33H,12,15H2,1-4H3,(H,31,35)/t18?,21-,23-,24-,26+,41?/m1/s1. The van der Waals surface area contributed by atoms with Gasteiger partial charge in [0.25, 0.3) is 0 Å². The molecule has 0 spiro atoms. The molecule has 5 N–H and O–H groups in total. The number of carbonyl (C=O) groups excluding carboxylic acids is 1. The summed E-state index contributed by atoms with van der Waals surface area (Å²) in [6.45, 7) is 5.45. The van der Waals surface area contributed by atoms with Crippen LogP contribution in [0.1, 0.15) is 39.1 Å². The monoisotopic (exact) mass is 591 g/mol. The summed E-state index contributed by atoms with van der Waals surface area (Å²) in [6.07, 6.45) is -3.85. The van der Waals surface area contributed by atoms with E-state index in [9.17, 15) is 24.8 Å². The minimum absolute atomic E-state index is 0.173. The number of esters is 1. The van der Waals surface area contributed by atoms with Crippen molar-refractivity contribution in [1.29, 1.82) is 10.7 Å². The lowest BCUT2D eigenvalue weighted by molar-refractivity contribution is -0.149. The second kappa shape index (κ2) is 14.0. The molecule has 2 unspecified atom stereocenters. The highest BCUT2D eigenvalue weighted by Crippen LogP contribution is 2.45. The summed E-state index contributed by atoms with van der Waals surface area (Å²) < 4.78 is 40.8. The number of hydrogen-bond donors (Lipinski definition) is 5. The molecule has 1 fully saturated rings. The number of para-hydroxylation sites is 1. The number of H-pyrrole nitrogens is 1. The molecular weight excluding hydrogens is 557 g/mol. The zero-order valence-corrected chi connectivity index (χ0v) is 23.9. The van der Waals surface area contributed by atoms with Crippen molar-refractivity contribution in [3.05, 3.63) is 53.9 Å². The minimum atomic E-state index is -4.19. The highest BCUT2D eigenvalue weighted by atomic mass is 31.2.